The van der Waals surface area contributed by atoms with Crippen molar-refractivity contribution in [1.82, 2.24) is 20.0 Å². The second-order valence-electron chi connectivity index (χ2n) is 9.55. The number of nitrogens with one attached hydrogen (secondary N) is 1. The first-order valence-corrected chi connectivity index (χ1v) is 15.9. The number of fused-ring (bicyclic) bond motifs is 1. The lowest BCUT2D eigenvalue weighted by Gasteiger charge is -2.23. The van der Waals surface area contributed by atoms with Crippen LogP contribution in [0.5, 0.6) is 5.75 Å². The third kappa shape index (κ3) is 7.20. The third-order valence-corrected chi connectivity index (χ3v) is 8.76. The van der Waals surface area contributed by atoms with Crippen molar-refractivity contribution in [2.75, 3.05) is 31.5 Å². The number of anilines is 2. The van der Waals surface area contributed by atoms with E-state index in [2.05, 4.69) is 20.3 Å². The molecule has 42 heavy (non-hydrogen) atoms. The number of aromatic nitrogens is 3. The van der Waals surface area contributed by atoms with Crippen LogP contribution in [0.3, 0.4) is 0 Å². The first-order chi connectivity index (χ1) is 20.1. The van der Waals surface area contributed by atoms with Gasteiger partial charge in [-0.05, 0) is 54.1 Å². The van der Waals surface area contributed by atoms with E-state index in [1.54, 1.807) is 37.5 Å². The predicted molar refractivity (Wildman–Crippen MR) is 163 cm³/mol. The molecule has 0 radical (unpaired) electrons. The van der Waals surface area contributed by atoms with Crippen molar-refractivity contribution < 1.29 is 22.4 Å². The molecule has 1 N–H and O–H groups in total. The molecule has 0 fully saturated rings. The minimum atomic E-state index is -3.27. The molecule has 0 saturated carbocycles. The van der Waals surface area contributed by atoms with Crippen LogP contribution >= 0.6 is 22.9 Å². The standard InChI is InChI=1S/C29H27ClFN5O4S2/c1-36(39-2)25(16-42(3,37)38)27-14-32-29(41-27)19-7-9-24-22(12-19)28(34-17-33-24)35-21-8-10-26(23(30)13-21)40-15-18-5-4-6-20(31)11-18/h4-14,17,25H,15-16H2,1-3H3,(H,33,34,35)/t25-/m0/s1. The number of rotatable bonds is 11. The molecule has 13 heteroatoms. The Hall–Kier alpha value is -3.68. The van der Waals surface area contributed by atoms with Crippen LogP contribution in [-0.4, -0.2) is 54.6 Å². The third-order valence-electron chi connectivity index (χ3n) is 6.40. The van der Waals surface area contributed by atoms with Gasteiger partial charge in [0, 0.05) is 41.0 Å². The maximum Gasteiger partial charge on any atom is 0.149 e. The molecule has 1 atom stereocenters. The van der Waals surface area contributed by atoms with Gasteiger partial charge in [-0.1, -0.05) is 23.7 Å². The zero-order valence-corrected chi connectivity index (χ0v) is 25.3. The average molecular weight is 628 g/mol. The average Bonchev–Trinajstić information content (AvgIpc) is 3.45. The Morgan fingerprint density at radius 1 is 1.10 bits per heavy atom. The normalized spacial score (nSPS) is 12.5. The maximum atomic E-state index is 13.5. The number of benzene rings is 3. The van der Waals surface area contributed by atoms with E-state index in [0.717, 1.165) is 21.3 Å². The van der Waals surface area contributed by atoms with Gasteiger partial charge in [-0.2, -0.15) is 5.06 Å². The SMILES string of the molecule is CON(C)[C@@H](CS(C)(=O)=O)c1cnc(-c2ccc3ncnc(Nc4ccc(OCc5cccc(F)c5)c(Cl)c4)c3c2)s1. The topological polar surface area (TPSA) is 107 Å². The van der Waals surface area contributed by atoms with Crippen LogP contribution in [0, 0.1) is 5.82 Å². The lowest BCUT2D eigenvalue weighted by Crippen LogP contribution is -2.28. The Morgan fingerprint density at radius 3 is 2.67 bits per heavy atom. The molecule has 0 bridgehead atoms. The van der Waals surface area contributed by atoms with E-state index in [1.165, 1.54) is 48.2 Å². The summed E-state index contributed by atoms with van der Waals surface area (Å²) in [5.41, 5.74) is 2.93. The number of hydrogen-bond acceptors (Lipinski definition) is 10. The molecule has 0 aliphatic heterocycles. The van der Waals surface area contributed by atoms with Gasteiger partial charge in [0.05, 0.1) is 29.4 Å². The molecule has 5 rings (SSSR count). The summed E-state index contributed by atoms with van der Waals surface area (Å²) in [6, 6.07) is 16.7. The molecule has 2 aromatic heterocycles. The second-order valence-corrected chi connectivity index (χ2v) is 13.2. The van der Waals surface area contributed by atoms with Gasteiger partial charge in [-0.25, -0.2) is 27.8 Å². The van der Waals surface area contributed by atoms with Crippen LogP contribution < -0.4 is 10.1 Å². The Morgan fingerprint density at radius 2 is 1.93 bits per heavy atom. The fourth-order valence-corrected chi connectivity index (χ4v) is 6.61. The number of halogens is 2. The van der Waals surface area contributed by atoms with Gasteiger partial charge in [0.2, 0.25) is 0 Å². The monoisotopic (exact) mass is 627 g/mol. The van der Waals surface area contributed by atoms with Crippen LogP contribution in [-0.2, 0) is 21.3 Å². The molecule has 0 spiro atoms. The van der Waals surface area contributed by atoms with E-state index in [0.29, 0.717) is 32.8 Å². The Balaban J connectivity index is 1.38. The molecule has 0 unspecified atom stereocenters. The first-order valence-electron chi connectivity index (χ1n) is 12.7. The summed E-state index contributed by atoms with van der Waals surface area (Å²) >= 11 is 7.88. The largest absolute Gasteiger partial charge is 0.487 e. The fraction of sp³-hybridized carbons (Fsp3) is 0.207. The van der Waals surface area contributed by atoms with Crippen LogP contribution in [0.15, 0.2) is 73.2 Å². The van der Waals surface area contributed by atoms with Crippen molar-refractivity contribution in [2.24, 2.45) is 0 Å². The highest BCUT2D eigenvalue weighted by Crippen LogP contribution is 2.35. The van der Waals surface area contributed by atoms with Crippen molar-refractivity contribution >= 4 is 55.2 Å². The number of nitrogens with zero attached hydrogens (tertiary/aromatic N) is 4. The van der Waals surface area contributed by atoms with E-state index >= 15 is 0 Å². The van der Waals surface area contributed by atoms with Gasteiger partial charge >= 0.3 is 0 Å². The lowest BCUT2D eigenvalue weighted by molar-refractivity contribution is -0.136. The summed E-state index contributed by atoms with van der Waals surface area (Å²) in [5.74, 6) is 0.606. The van der Waals surface area contributed by atoms with Crippen molar-refractivity contribution in [3.63, 3.8) is 0 Å². The van der Waals surface area contributed by atoms with Gasteiger partial charge in [-0.15, -0.1) is 11.3 Å². The highest BCUT2D eigenvalue weighted by Gasteiger charge is 2.25. The maximum absolute atomic E-state index is 13.5. The smallest absolute Gasteiger partial charge is 0.149 e. The number of thiazole rings is 1. The first kappa shape index (κ1) is 29.8. The van der Waals surface area contributed by atoms with Gasteiger partial charge < -0.3 is 14.9 Å². The van der Waals surface area contributed by atoms with Gasteiger partial charge in [0.25, 0.3) is 0 Å². The van der Waals surface area contributed by atoms with E-state index in [-0.39, 0.29) is 18.2 Å². The summed E-state index contributed by atoms with van der Waals surface area (Å²) in [6.45, 7) is 0.179. The molecule has 218 valence electrons. The van der Waals surface area contributed by atoms with E-state index in [1.807, 2.05) is 24.3 Å². The molecule has 0 saturated heterocycles. The zero-order chi connectivity index (χ0) is 29.9. The molecular weight excluding hydrogens is 601 g/mol. The molecule has 5 aromatic rings. The molecule has 0 aliphatic rings. The number of sulfone groups is 1. The van der Waals surface area contributed by atoms with Crippen LogP contribution in [0.25, 0.3) is 21.5 Å². The molecule has 0 amide bonds. The van der Waals surface area contributed by atoms with Crippen LogP contribution in [0.1, 0.15) is 16.5 Å². The zero-order valence-electron chi connectivity index (χ0n) is 22.9. The van der Waals surface area contributed by atoms with Gasteiger partial charge in [-0.3, -0.25) is 0 Å². The molecule has 9 nitrogen and oxygen atoms in total. The Bertz CT molecular complexity index is 1840. The number of hydroxylamine groups is 2. The van der Waals surface area contributed by atoms with Crippen molar-refractivity contribution in [1.29, 1.82) is 0 Å². The van der Waals surface area contributed by atoms with Crippen molar-refractivity contribution in [3.8, 4) is 16.3 Å². The summed E-state index contributed by atoms with van der Waals surface area (Å²) in [5, 5.41) is 6.67. The molecule has 0 aliphatic carbocycles. The molecule has 2 heterocycles. The van der Waals surface area contributed by atoms with Crippen molar-refractivity contribution in [2.45, 2.75) is 12.6 Å². The van der Waals surface area contributed by atoms with Crippen LogP contribution in [0.4, 0.5) is 15.9 Å². The quantitative estimate of drug-likeness (QED) is 0.165. The second kappa shape index (κ2) is 12.7. The lowest BCUT2D eigenvalue weighted by atomic mass is 10.1. The Labute approximate surface area is 251 Å². The van der Waals surface area contributed by atoms with E-state index < -0.39 is 15.9 Å². The molecule has 3 aromatic carbocycles. The highest BCUT2D eigenvalue weighted by atomic mass is 35.5. The minimum Gasteiger partial charge on any atom is -0.487 e. The summed E-state index contributed by atoms with van der Waals surface area (Å²) < 4.78 is 43.3. The fourth-order valence-electron chi connectivity index (χ4n) is 4.26. The predicted octanol–water partition coefficient (Wildman–Crippen LogP) is 6.45. The summed E-state index contributed by atoms with van der Waals surface area (Å²) in [4.78, 5) is 19.5. The molecular formula is C29H27ClFN5O4S2. The summed E-state index contributed by atoms with van der Waals surface area (Å²) in [6.07, 6.45) is 4.35. The Kier molecular flexibility index (Phi) is 8.99. The van der Waals surface area contributed by atoms with Crippen molar-refractivity contribution in [3.05, 3.63) is 94.5 Å². The number of hydrogen-bond donors (Lipinski definition) is 1. The van der Waals surface area contributed by atoms with E-state index in [4.69, 9.17) is 21.2 Å². The van der Waals surface area contributed by atoms with Gasteiger partial charge in [0.15, 0.2) is 0 Å². The highest BCUT2D eigenvalue weighted by molar-refractivity contribution is 7.90. The van der Waals surface area contributed by atoms with Crippen LogP contribution in [0.2, 0.25) is 5.02 Å². The minimum absolute atomic E-state index is 0.101. The van der Waals surface area contributed by atoms with E-state index in [9.17, 15) is 12.8 Å². The summed E-state index contributed by atoms with van der Waals surface area (Å²) in [7, 11) is -0.0821. The number of ether oxygens (including phenoxy) is 1. The van der Waals surface area contributed by atoms with Gasteiger partial charge in [0.1, 0.15) is 45.2 Å².